The third-order valence-corrected chi connectivity index (χ3v) is 3.19. The Balaban J connectivity index is 1.99. The number of nitrogens with zero attached hydrogens (tertiary/aromatic N) is 1. The molecule has 1 aliphatic rings. The maximum Gasteiger partial charge on any atom is 0.335 e. The summed E-state index contributed by atoms with van der Waals surface area (Å²) in [7, 11) is 0. The van der Waals surface area contributed by atoms with Gasteiger partial charge in [0, 0.05) is 31.3 Å². The van der Waals surface area contributed by atoms with Crippen molar-refractivity contribution in [3.63, 3.8) is 0 Å². The van der Waals surface area contributed by atoms with E-state index in [1.54, 1.807) is 17.0 Å². The van der Waals surface area contributed by atoms with Gasteiger partial charge in [0.05, 0.1) is 5.56 Å². The van der Waals surface area contributed by atoms with Gasteiger partial charge >= 0.3 is 12.0 Å². The predicted octanol–water partition coefficient (Wildman–Crippen LogP) is 1.23. The number of carbonyl (C=O) groups is 2. The number of anilines is 1. The Labute approximate surface area is 110 Å². The Morgan fingerprint density at radius 2 is 2.21 bits per heavy atom. The van der Waals surface area contributed by atoms with Gasteiger partial charge in [-0.1, -0.05) is 6.07 Å². The van der Waals surface area contributed by atoms with E-state index < -0.39 is 5.97 Å². The van der Waals surface area contributed by atoms with Crippen molar-refractivity contribution in [2.24, 2.45) is 5.92 Å². The average molecular weight is 264 g/mol. The van der Waals surface area contributed by atoms with Crippen LogP contribution in [0.2, 0.25) is 0 Å². The van der Waals surface area contributed by atoms with Gasteiger partial charge in [0.1, 0.15) is 0 Å². The van der Waals surface area contributed by atoms with Crippen molar-refractivity contribution in [3.05, 3.63) is 29.8 Å². The Hall–Kier alpha value is -2.08. The summed E-state index contributed by atoms with van der Waals surface area (Å²) in [5.74, 6) is -0.895. The molecule has 2 amide bonds. The minimum absolute atomic E-state index is 0.0816. The van der Waals surface area contributed by atoms with Crippen molar-refractivity contribution >= 4 is 17.7 Å². The number of aromatic carboxylic acids is 1. The highest BCUT2D eigenvalue weighted by atomic mass is 16.4. The maximum absolute atomic E-state index is 11.9. The summed E-state index contributed by atoms with van der Waals surface area (Å²) in [5.41, 5.74) is 0.588. The number of urea groups is 1. The number of hydrogen-bond donors (Lipinski definition) is 3. The number of amides is 2. The number of aliphatic hydroxyl groups is 1. The van der Waals surface area contributed by atoms with Crippen LogP contribution in [0.4, 0.5) is 10.5 Å². The van der Waals surface area contributed by atoms with Crippen LogP contribution in [0.1, 0.15) is 16.8 Å². The maximum atomic E-state index is 11.9. The van der Waals surface area contributed by atoms with E-state index in [0.29, 0.717) is 18.8 Å². The lowest BCUT2D eigenvalue weighted by atomic mass is 10.1. The zero-order valence-corrected chi connectivity index (χ0v) is 10.4. The molecule has 0 aliphatic carbocycles. The standard InChI is InChI=1S/C13H16N2O4/c16-8-9-4-5-15(7-9)13(19)14-11-3-1-2-10(6-11)12(17)18/h1-3,6,9,16H,4-5,7-8H2,(H,14,19)(H,17,18). The number of nitrogens with one attached hydrogen (secondary N) is 1. The summed E-state index contributed by atoms with van der Waals surface area (Å²) in [4.78, 5) is 24.4. The number of aliphatic hydroxyl groups excluding tert-OH is 1. The molecule has 2 rings (SSSR count). The molecule has 0 bridgehead atoms. The summed E-state index contributed by atoms with van der Waals surface area (Å²) in [6.07, 6.45) is 0.791. The molecule has 19 heavy (non-hydrogen) atoms. The number of hydrogen-bond acceptors (Lipinski definition) is 3. The molecule has 1 saturated heterocycles. The lowest BCUT2D eigenvalue weighted by molar-refractivity contribution is 0.0697. The van der Waals surface area contributed by atoms with Crippen LogP contribution in [0.5, 0.6) is 0 Å². The van der Waals surface area contributed by atoms with E-state index in [1.165, 1.54) is 12.1 Å². The lowest BCUT2D eigenvalue weighted by Gasteiger charge is -2.17. The highest BCUT2D eigenvalue weighted by Gasteiger charge is 2.25. The van der Waals surface area contributed by atoms with Crippen molar-refractivity contribution in [2.45, 2.75) is 6.42 Å². The van der Waals surface area contributed by atoms with Gasteiger partial charge in [-0.3, -0.25) is 0 Å². The van der Waals surface area contributed by atoms with Crippen LogP contribution in [0.15, 0.2) is 24.3 Å². The molecule has 1 aliphatic heterocycles. The molecule has 6 heteroatoms. The minimum atomic E-state index is -1.03. The first-order valence-electron chi connectivity index (χ1n) is 6.10. The summed E-state index contributed by atoms with van der Waals surface area (Å²) < 4.78 is 0. The molecule has 1 aromatic rings. The summed E-state index contributed by atoms with van der Waals surface area (Å²) in [5, 5.41) is 20.6. The normalized spacial score (nSPS) is 18.4. The van der Waals surface area contributed by atoms with Crippen LogP contribution >= 0.6 is 0 Å². The fourth-order valence-corrected chi connectivity index (χ4v) is 2.10. The molecular weight excluding hydrogens is 248 g/mol. The van der Waals surface area contributed by atoms with Gasteiger partial charge in [0.15, 0.2) is 0 Å². The Morgan fingerprint density at radius 1 is 1.42 bits per heavy atom. The second kappa shape index (κ2) is 5.71. The van der Waals surface area contributed by atoms with Crippen molar-refractivity contribution < 1.29 is 19.8 Å². The number of rotatable bonds is 3. The molecule has 0 radical (unpaired) electrons. The third-order valence-electron chi connectivity index (χ3n) is 3.19. The first-order valence-corrected chi connectivity index (χ1v) is 6.10. The van der Waals surface area contributed by atoms with E-state index >= 15 is 0 Å². The molecular formula is C13H16N2O4. The first-order chi connectivity index (χ1) is 9.10. The molecule has 1 unspecified atom stereocenters. The van der Waals surface area contributed by atoms with Crippen molar-refractivity contribution in [1.82, 2.24) is 4.90 Å². The van der Waals surface area contributed by atoms with Gasteiger partial charge in [-0.2, -0.15) is 0 Å². The monoisotopic (exact) mass is 264 g/mol. The zero-order valence-electron chi connectivity index (χ0n) is 10.4. The fourth-order valence-electron chi connectivity index (χ4n) is 2.10. The molecule has 6 nitrogen and oxygen atoms in total. The van der Waals surface area contributed by atoms with Gasteiger partial charge < -0.3 is 20.4 Å². The summed E-state index contributed by atoms with van der Waals surface area (Å²) in [6.45, 7) is 1.22. The second-order valence-electron chi connectivity index (χ2n) is 4.60. The van der Waals surface area contributed by atoms with Gasteiger partial charge in [0.2, 0.25) is 0 Å². The van der Waals surface area contributed by atoms with Crippen molar-refractivity contribution in [3.8, 4) is 0 Å². The predicted molar refractivity (Wildman–Crippen MR) is 69.2 cm³/mol. The topological polar surface area (TPSA) is 89.9 Å². The number of carbonyl (C=O) groups excluding carboxylic acids is 1. The Morgan fingerprint density at radius 3 is 2.84 bits per heavy atom. The quantitative estimate of drug-likeness (QED) is 0.766. The van der Waals surface area contributed by atoms with Crippen LogP contribution in [-0.2, 0) is 0 Å². The SMILES string of the molecule is O=C(O)c1cccc(NC(=O)N2CCC(CO)C2)c1. The molecule has 3 N–H and O–H groups in total. The number of carboxylic acids is 1. The van der Waals surface area contributed by atoms with Crippen LogP contribution in [-0.4, -0.2) is 46.8 Å². The highest BCUT2D eigenvalue weighted by Crippen LogP contribution is 2.17. The molecule has 1 fully saturated rings. The van der Waals surface area contributed by atoms with Gasteiger partial charge in [0.25, 0.3) is 0 Å². The van der Waals surface area contributed by atoms with E-state index in [0.717, 1.165) is 6.42 Å². The summed E-state index contributed by atoms with van der Waals surface area (Å²) >= 11 is 0. The van der Waals surface area contributed by atoms with E-state index in [1.807, 2.05) is 0 Å². The lowest BCUT2D eigenvalue weighted by Crippen LogP contribution is -2.33. The van der Waals surface area contributed by atoms with E-state index in [-0.39, 0.29) is 24.1 Å². The summed E-state index contributed by atoms with van der Waals surface area (Å²) in [6, 6.07) is 5.84. The van der Waals surface area contributed by atoms with Crippen molar-refractivity contribution in [1.29, 1.82) is 0 Å². The smallest absolute Gasteiger partial charge is 0.335 e. The average Bonchev–Trinajstić information content (AvgIpc) is 2.88. The molecule has 1 heterocycles. The van der Waals surface area contributed by atoms with Crippen LogP contribution < -0.4 is 5.32 Å². The number of carboxylic acid groups (broad SMARTS) is 1. The first kappa shape index (κ1) is 13.4. The number of benzene rings is 1. The van der Waals surface area contributed by atoms with Crippen LogP contribution in [0.25, 0.3) is 0 Å². The van der Waals surface area contributed by atoms with Gasteiger partial charge in [-0.15, -0.1) is 0 Å². The zero-order chi connectivity index (χ0) is 13.8. The van der Waals surface area contributed by atoms with Gasteiger partial charge in [-0.25, -0.2) is 9.59 Å². The van der Waals surface area contributed by atoms with Crippen molar-refractivity contribution in [2.75, 3.05) is 25.0 Å². The fraction of sp³-hybridized carbons (Fsp3) is 0.385. The largest absolute Gasteiger partial charge is 0.478 e. The molecule has 0 saturated carbocycles. The Kier molecular flexibility index (Phi) is 4.01. The highest BCUT2D eigenvalue weighted by molar-refractivity contribution is 5.93. The molecule has 102 valence electrons. The molecule has 1 atom stereocenters. The second-order valence-corrected chi connectivity index (χ2v) is 4.60. The number of likely N-dealkylation sites (tertiary alicyclic amines) is 1. The van der Waals surface area contributed by atoms with E-state index in [4.69, 9.17) is 10.2 Å². The third kappa shape index (κ3) is 3.23. The van der Waals surface area contributed by atoms with E-state index in [9.17, 15) is 9.59 Å². The minimum Gasteiger partial charge on any atom is -0.478 e. The Bertz CT molecular complexity index is 489. The molecule has 0 spiro atoms. The molecule has 0 aromatic heterocycles. The van der Waals surface area contributed by atoms with Crippen LogP contribution in [0.3, 0.4) is 0 Å². The van der Waals surface area contributed by atoms with Gasteiger partial charge in [-0.05, 0) is 24.6 Å². The van der Waals surface area contributed by atoms with Crippen LogP contribution in [0, 0.1) is 5.92 Å². The van der Waals surface area contributed by atoms with E-state index in [2.05, 4.69) is 5.32 Å². The molecule has 1 aromatic carbocycles.